The first kappa shape index (κ1) is 9.18. The highest BCUT2D eigenvalue weighted by molar-refractivity contribution is 5.34. The average Bonchev–Trinajstić information content (AvgIpc) is 2.67. The lowest BCUT2D eigenvalue weighted by Gasteiger charge is -2.19. The molecule has 1 saturated carbocycles. The second kappa shape index (κ2) is 3.77. The molecule has 0 atom stereocenters. The van der Waals surface area contributed by atoms with Crippen LogP contribution in [0.15, 0.2) is 6.20 Å². The molecule has 0 aromatic carbocycles. The van der Waals surface area contributed by atoms with Crippen molar-refractivity contribution < 1.29 is 4.92 Å². The van der Waals surface area contributed by atoms with Gasteiger partial charge in [0.25, 0.3) is 0 Å². The second-order valence-electron chi connectivity index (χ2n) is 3.76. The highest BCUT2D eigenvalue weighted by atomic mass is 16.6. The number of nitro groups is 1. The Kier molecular flexibility index (Phi) is 2.47. The van der Waals surface area contributed by atoms with Crippen LogP contribution in [-0.4, -0.2) is 15.1 Å². The minimum Gasteiger partial charge on any atom is -0.275 e. The fraction of sp³-hybridized carbons (Fsp3) is 0.667. The quantitative estimate of drug-likeness (QED) is 0.581. The lowest BCUT2D eigenvalue weighted by molar-refractivity contribution is -0.385. The summed E-state index contributed by atoms with van der Waals surface area (Å²) < 4.78 is 0. The van der Waals surface area contributed by atoms with Crippen LogP contribution in [-0.2, 0) is 0 Å². The predicted molar refractivity (Wildman–Crippen MR) is 51.1 cm³/mol. The topological polar surface area (TPSA) is 71.8 Å². The third kappa shape index (κ3) is 1.62. The highest BCUT2D eigenvalue weighted by Crippen LogP contribution is 2.35. The Balaban J connectivity index is 2.21. The van der Waals surface area contributed by atoms with E-state index in [2.05, 4.69) is 10.2 Å². The number of nitrogens with zero attached hydrogens (tertiary/aromatic N) is 2. The van der Waals surface area contributed by atoms with Crippen LogP contribution >= 0.6 is 0 Å². The molecule has 1 N–H and O–H groups in total. The third-order valence-corrected chi connectivity index (χ3v) is 2.86. The molecular formula is C9H13N3O2. The van der Waals surface area contributed by atoms with Crippen molar-refractivity contribution in [3.8, 4) is 0 Å². The first-order chi connectivity index (χ1) is 6.79. The van der Waals surface area contributed by atoms with Crippen molar-refractivity contribution in [2.45, 2.75) is 38.0 Å². The summed E-state index contributed by atoms with van der Waals surface area (Å²) in [4.78, 5) is 10.3. The van der Waals surface area contributed by atoms with Crippen LogP contribution in [0.1, 0.15) is 43.7 Å². The summed E-state index contributed by atoms with van der Waals surface area (Å²) in [6.07, 6.45) is 6.98. The summed E-state index contributed by atoms with van der Waals surface area (Å²) in [5, 5.41) is 17.2. The normalized spacial score (nSPS) is 18.3. The Bertz CT molecular complexity index is 329. The van der Waals surface area contributed by atoms with E-state index in [4.69, 9.17) is 0 Å². The fourth-order valence-corrected chi connectivity index (χ4v) is 2.13. The van der Waals surface area contributed by atoms with Crippen molar-refractivity contribution >= 4 is 5.69 Å². The number of aromatic amines is 1. The molecule has 1 aromatic rings. The average molecular weight is 195 g/mol. The van der Waals surface area contributed by atoms with E-state index < -0.39 is 0 Å². The van der Waals surface area contributed by atoms with E-state index in [1.54, 1.807) is 0 Å². The van der Waals surface area contributed by atoms with Crippen molar-refractivity contribution in [1.82, 2.24) is 10.2 Å². The largest absolute Gasteiger partial charge is 0.310 e. The van der Waals surface area contributed by atoms with Crippen LogP contribution < -0.4 is 0 Å². The number of aromatic nitrogens is 2. The maximum absolute atomic E-state index is 10.7. The van der Waals surface area contributed by atoms with E-state index in [-0.39, 0.29) is 10.6 Å². The molecule has 5 heteroatoms. The van der Waals surface area contributed by atoms with Crippen molar-refractivity contribution in [3.63, 3.8) is 0 Å². The molecule has 0 spiro atoms. The molecule has 2 rings (SSSR count). The zero-order valence-corrected chi connectivity index (χ0v) is 7.90. The SMILES string of the molecule is O=[N+]([O-])c1cn[nH]c1C1CCCCC1. The Morgan fingerprint density at radius 3 is 2.79 bits per heavy atom. The van der Waals surface area contributed by atoms with E-state index in [1.807, 2.05) is 0 Å². The molecule has 5 nitrogen and oxygen atoms in total. The Labute approximate surface area is 81.7 Å². The van der Waals surface area contributed by atoms with E-state index in [1.165, 1.54) is 25.5 Å². The van der Waals surface area contributed by atoms with Gasteiger partial charge in [0.2, 0.25) is 0 Å². The third-order valence-electron chi connectivity index (χ3n) is 2.86. The molecule has 14 heavy (non-hydrogen) atoms. The predicted octanol–water partition coefficient (Wildman–Crippen LogP) is 2.37. The van der Waals surface area contributed by atoms with E-state index in [9.17, 15) is 10.1 Å². The number of nitrogens with one attached hydrogen (secondary N) is 1. The van der Waals surface area contributed by atoms with E-state index >= 15 is 0 Å². The molecule has 1 aromatic heterocycles. The van der Waals surface area contributed by atoms with Crippen LogP contribution in [0.5, 0.6) is 0 Å². The Morgan fingerprint density at radius 2 is 2.14 bits per heavy atom. The van der Waals surface area contributed by atoms with Gasteiger partial charge in [0.1, 0.15) is 11.9 Å². The van der Waals surface area contributed by atoms with Crippen molar-refractivity contribution in [3.05, 3.63) is 22.0 Å². The smallest absolute Gasteiger partial charge is 0.275 e. The molecular weight excluding hydrogens is 182 g/mol. The van der Waals surface area contributed by atoms with Gasteiger partial charge in [0.15, 0.2) is 0 Å². The van der Waals surface area contributed by atoms with Crippen LogP contribution in [0.2, 0.25) is 0 Å². The van der Waals surface area contributed by atoms with Gasteiger partial charge in [-0.05, 0) is 12.8 Å². The minimum atomic E-state index is -0.354. The second-order valence-corrected chi connectivity index (χ2v) is 3.76. The zero-order valence-electron chi connectivity index (χ0n) is 7.90. The fourth-order valence-electron chi connectivity index (χ4n) is 2.13. The highest BCUT2D eigenvalue weighted by Gasteiger charge is 2.25. The monoisotopic (exact) mass is 195 g/mol. The zero-order chi connectivity index (χ0) is 9.97. The molecule has 0 unspecified atom stereocenters. The molecule has 76 valence electrons. The lowest BCUT2D eigenvalue weighted by Crippen LogP contribution is -2.07. The molecule has 0 saturated heterocycles. The standard InChI is InChI=1S/C9H13N3O2/c13-12(14)8-6-10-11-9(8)7-4-2-1-3-5-7/h6-7H,1-5H2,(H,10,11). The number of hydrogen-bond donors (Lipinski definition) is 1. The van der Waals surface area contributed by atoms with Gasteiger partial charge in [0.05, 0.1) is 4.92 Å². The molecule has 1 aliphatic carbocycles. The van der Waals surface area contributed by atoms with Crippen molar-refractivity contribution in [2.24, 2.45) is 0 Å². The van der Waals surface area contributed by atoms with Gasteiger partial charge in [0, 0.05) is 5.92 Å². The first-order valence-corrected chi connectivity index (χ1v) is 4.96. The van der Waals surface area contributed by atoms with Crippen LogP contribution in [0, 0.1) is 10.1 Å². The van der Waals surface area contributed by atoms with Gasteiger partial charge in [-0.1, -0.05) is 19.3 Å². The summed E-state index contributed by atoms with van der Waals surface area (Å²) >= 11 is 0. The molecule has 1 fully saturated rings. The molecule has 0 aliphatic heterocycles. The molecule has 1 heterocycles. The summed E-state index contributed by atoms with van der Waals surface area (Å²) in [5.74, 6) is 0.312. The molecule has 0 amide bonds. The van der Waals surface area contributed by atoms with Crippen LogP contribution in [0.4, 0.5) is 5.69 Å². The van der Waals surface area contributed by atoms with E-state index in [0.717, 1.165) is 18.5 Å². The maximum atomic E-state index is 10.7. The van der Waals surface area contributed by atoms with Gasteiger partial charge in [-0.3, -0.25) is 15.2 Å². The number of H-pyrrole nitrogens is 1. The first-order valence-electron chi connectivity index (χ1n) is 4.96. The Morgan fingerprint density at radius 1 is 1.43 bits per heavy atom. The molecule has 0 radical (unpaired) electrons. The van der Waals surface area contributed by atoms with Crippen LogP contribution in [0.25, 0.3) is 0 Å². The summed E-state index contributed by atoms with van der Waals surface area (Å²) in [6, 6.07) is 0. The van der Waals surface area contributed by atoms with Gasteiger partial charge >= 0.3 is 5.69 Å². The lowest BCUT2D eigenvalue weighted by atomic mass is 9.86. The van der Waals surface area contributed by atoms with Gasteiger partial charge < -0.3 is 0 Å². The number of hydrogen-bond acceptors (Lipinski definition) is 3. The molecule has 0 bridgehead atoms. The maximum Gasteiger partial charge on any atom is 0.310 e. The van der Waals surface area contributed by atoms with Gasteiger partial charge in [-0.2, -0.15) is 5.10 Å². The van der Waals surface area contributed by atoms with Crippen molar-refractivity contribution in [1.29, 1.82) is 0 Å². The van der Waals surface area contributed by atoms with Crippen LogP contribution in [0.3, 0.4) is 0 Å². The summed E-state index contributed by atoms with van der Waals surface area (Å²) in [5.41, 5.74) is 0.867. The Hall–Kier alpha value is -1.39. The van der Waals surface area contributed by atoms with Crippen molar-refractivity contribution in [2.75, 3.05) is 0 Å². The minimum absolute atomic E-state index is 0.150. The van der Waals surface area contributed by atoms with Gasteiger partial charge in [-0.25, -0.2) is 0 Å². The van der Waals surface area contributed by atoms with E-state index in [0.29, 0.717) is 5.92 Å². The van der Waals surface area contributed by atoms with Gasteiger partial charge in [-0.15, -0.1) is 0 Å². The summed E-state index contributed by atoms with van der Waals surface area (Å²) in [6.45, 7) is 0. The number of rotatable bonds is 2. The summed E-state index contributed by atoms with van der Waals surface area (Å²) in [7, 11) is 0. The molecule has 1 aliphatic rings.